The van der Waals surface area contributed by atoms with Gasteiger partial charge in [-0.05, 0) is 31.0 Å². The zero-order valence-corrected chi connectivity index (χ0v) is 17.2. The van der Waals surface area contributed by atoms with Crippen molar-refractivity contribution in [3.63, 3.8) is 0 Å². The summed E-state index contributed by atoms with van der Waals surface area (Å²) in [7, 11) is 0. The van der Waals surface area contributed by atoms with Gasteiger partial charge in [0.25, 0.3) is 5.91 Å². The number of anilines is 3. The number of rotatable bonds is 4. The number of nitrogen functional groups attached to an aromatic ring is 1. The molecule has 0 atom stereocenters. The number of carbonyl (C=O) groups is 1. The van der Waals surface area contributed by atoms with E-state index in [1.165, 1.54) is 12.5 Å². The molecular formula is C21H22N10O. The summed E-state index contributed by atoms with van der Waals surface area (Å²) in [4.78, 5) is 39.8. The Morgan fingerprint density at radius 2 is 2.00 bits per heavy atom. The molecule has 4 aromatic heterocycles. The molecule has 1 fully saturated rings. The highest BCUT2D eigenvalue weighted by Gasteiger charge is 2.22. The predicted molar refractivity (Wildman–Crippen MR) is 121 cm³/mol. The summed E-state index contributed by atoms with van der Waals surface area (Å²) in [6.07, 6.45) is 8.08. The number of pyridine rings is 1. The molecule has 0 saturated carbocycles. The summed E-state index contributed by atoms with van der Waals surface area (Å²) < 4.78 is 0. The van der Waals surface area contributed by atoms with E-state index in [-0.39, 0.29) is 17.6 Å². The molecule has 0 unspecified atom stereocenters. The summed E-state index contributed by atoms with van der Waals surface area (Å²) in [6, 6.07) is 5.81. The maximum atomic E-state index is 13.1. The minimum atomic E-state index is -0.495. The Hall–Kier alpha value is -4.12. The fourth-order valence-corrected chi connectivity index (χ4v) is 3.81. The van der Waals surface area contributed by atoms with Crippen LogP contribution in [0.4, 0.5) is 17.3 Å². The number of nitrogens with two attached hydrogens (primary N) is 2. The van der Waals surface area contributed by atoms with E-state index < -0.39 is 5.91 Å². The van der Waals surface area contributed by atoms with Gasteiger partial charge in [0.15, 0.2) is 17.3 Å². The quantitative estimate of drug-likeness (QED) is 0.376. The number of carbonyl (C=O) groups excluding carboxylic acids is 1. The van der Waals surface area contributed by atoms with Crippen LogP contribution in [-0.2, 0) is 0 Å². The van der Waals surface area contributed by atoms with Crippen molar-refractivity contribution in [2.75, 3.05) is 29.0 Å². The van der Waals surface area contributed by atoms with Gasteiger partial charge in [-0.15, -0.1) is 0 Å². The molecule has 11 nitrogen and oxygen atoms in total. The fourth-order valence-electron chi connectivity index (χ4n) is 3.81. The Bertz CT molecular complexity index is 1280. The third-order valence-electron chi connectivity index (χ3n) is 5.51. The van der Waals surface area contributed by atoms with Crippen LogP contribution in [0.5, 0.6) is 0 Å². The Balaban J connectivity index is 1.45. The van der Waals surface area contributed by atoms with Crippen molar-refractivity contribution in [2.24, 2.45) is 5.73 Å². The molecule has 0 aromatic carbocycles. The fraction of sp³-hybridized carbons (Fsp3) is 0.238. The number of aromatic nitrogens is 6. The molecule has 0 spiro atoms. The summed E-state index contributed by atoms with van der Waals surface area (Å²) in [5, 5.41) is 3.61. The summed E-state index contributed by atoms with van der Waals surface area (Å²) >= 11 is 0. The maximum Gasteiger partial charge on any atom is 0.279 e. The first-order valence-corrected chi connectivity index (χ1v) is 10.3. The minimum Gasteiger partial charge on any atom is -0.382 e. The number of nitrogens with one attached hydrogen (secondary N) is 2. The molecule has 5 heterocycles. The van der Waals surface area contributed by atoms with Crippen molar-refractivity contribution in [1.82, 2.24) is 29.9 Å². The molecule has 32 heavy (non-hydrogen) atoms. The SMILES string of the molecule is Nc1ncc(-c2ncnc3[nH]ccc23)nc1C(=O)Nc1ncccc1N1CCC(N)CC1. The second kappa shape index (κ2) is 8.19. The van der Waals surface area contributed by atoms with Crippen molar-refractivity contribution >= 4 is 34.3 Å². The molecule has 0 aliphatic carbocycles. The number of fused-ring (bicyclic) bond motifs is 1. The van der Waals surface area contributed by atoms with Crippen LogP contribution >= 0.6 is 0 Å². The van der Waals surface area contributed by atoms with E-state index in [2.05, 4.69) is 40.1 Å². The molecule has 1 aliphatic heterocycles. The number of aromatic amines is 1. The van der Waals surface area contributed by atoms with Crippen LogP contribution in [0.1, 0.15) is 23.3 Å². The van der Waals surface area contributed by atoms with E-state index >= 15 is 0 Å². The Morgan fingerprint density at radius 1 is 1.16 bits per heavy atom. The minimum absolute atomic E-state index is 0.00191. The third kappa shape index (κ3) is 3.69. The Morgan fingerprint density at radius 3 is 2.84 bits per heavy atom. The lowest BCUT2D eigenvalue weighted by atomic mass is 10.1. The van der Waals surface area contributed by atoms with Gasteiger partial charge in [-0.1, -0.05) is 0 Å². The first-order valence-electron chi connectivity index (χ1n) is 10.3. The van der Waals surface area contributed by atoms with E-state index in [1.54, 1.807) is 12.4 Å². The van der Waals surface area contributed by atoms with Gasteiger partial charge in [0, 0.05) is 36.9 Å². The summed E-state index contributed by atoms with van der Waals surface area (Å²) in [6.45, 7) is 1.60. The van der Waals surface area contributed by atoms with Gasteiger partial charge in [-0.25, -0.2) is 24.9 Å². The van der Waals surface area contributed by atoms with Crippen LogP contribution in [0.25, 0.3) is 22.4 Å². The molecular weight excluding hydrogens is 408 g/mol. The topological polar surface area (TPSA) is 165 Å². The normalized spacial score (nSPS) is 14.6. The van der Waals surface area contributed by atoms with Gasteiger partial charge >= 0.3 is 0 Å². The first-order chi connectivity index (χ1) is 15.6. The van der Waals surface area contributed by atoms with Gasteiger partial charge in [-0.3, -0.25) is 4.79 Å². The molecule has 1 saturated heterocycles. The van der Waals surface area contributed by atoms with Crippen LogP contribution in [0, 0.1) is 0 Å². The molecule has 5 rings (SSSR count). The van der Waals surface area contributed by atoms with Gasteiger partial charge in [0.1, 0.15) is 23.4 Å². The van der Waals surface area contributed by atoms with Gasteiger partial charge < -0.3 is 26.7 Å². The lowest BCUT2D eigenvalue weighted by Gasteiger charge is -2.32. The van der Waals surface area contributed by atoms with Crippen molar-refractivity contribution in [3.05, 3.63) is 48.8 Å². The third-order valence-corrected chi connectivity index (χ3v) is 5.51. The standard InChI is InChI=1S/C21H22N10O/c22-12-4-8-31(9-5-12)15-2-1-6-24-20(15)30-21(32)17-18(23)26-10-14(29-17)16-13-3-7-25-19(13)28-11-27-16/h1-3,6-7,10-12H,4-5,8-9,22H2,(H2,23,26)(H,24,30,32)(H,25,27,28). The molecule has 162 valence electrons. The van der Waals surface area contributed by atoms with Gasteiger partial charge in [0.05, 0.1) is 11.9 Å². The number of H-pyrrole nitrogens is 1. The first kappa shape index (κ1) is 19.8. The van der Waals surface area contributed by atoms with E-state index in [0.717, 1.165) is 37.0 Å². The van der Waals surface area contributed by atoms with E-state index in [0.29, 0.717) is 22.9 Å². The van der Waals surface area contributed by atoms with Crippen LogP contribution in [0.15, 0.2) is 43.1 Å². The van der Waals surface area contributed by atoms with Gasteiger partial charge in [0.2, 0.25) is 0 Å². The largest absolute Gasteiger partial charge is 0.382 e. The van der Waals surface area contributed by atoms with Crippen LogP contribution < -0.4 is 21.7 Å². The maximum absolute atomic E-state index is 13.1. The number of nitrogens with zero attached hydrogens (tertiary/aromatic N) is 6. The highest BCUT2D eigenvalue weighted by Crippen LogP contribution is 2.28. The highest BCUT2D eigenvalue weighted by molar-refractivity contribution is 6.07. The number of hydrogen-bond donors (Lipinski definition) is 4. The summed E-state index contributed by atoms with van der Waals surface area (Å²) in [5.41, 5.74) is 14.5. The zero-order chi connectivity index (χ0) is 22.1. The number of piperidine rings is 1. The molecule has 1 aliphatic rings. The van der Waals surface area contributed by atoms with Crippen molar-refractivity contribution < 1.29 is 4.79 Å². The lowest BCUT2D eigenvalue weighted by Crippen LogP contribution is -2.40. The average molecular weight is 430 g/mol. The molecule has 0 radical (unpaired) electrons. The second-order valence-corrected chi connectivity index (χ2v) is 7.60. The van der Waals surface area contributed by atoms with Crippen LogP contribution in [0.2, 0.25) is 0 Å². The number of hydrogen-bond acceptors (Lipinski definition) is 9. The predicted octanol–water partition coefficient (Wildman–Crippen LogP) is 1.57. The molecule has 11 heteroatoms. The van der Waals surface area contributed by atoms with Crippen molar-refractivity contribution in [3.8, 4) is 11.4 Å². The lowest BCUT2D eigenvalue weighted by molar-refractivity contribution is 0.102. The van der Waals surface area contributed by atoms with E-state index in [1.807, 2.05) is 18.2 Å². The average Bonchev–Trinajstić information content (AvgIpc) is 3.29. The Labute approximate surface area is 183 Å². The smallest absolute Gasteiger partial charge is 0.279 e. The molecule has 4 aromatic rings. The van der Waals surface area contributed by atoms with Crippen molar-refractivity contribution in [2.45, 2.75) is 18.9 Å². The highest BCUT2D eigenvalue weighted by atomic mass is 16.2. The second-order valence-electron chi connectivity index (χ2n) is 7.60. The molecule has 1 amide bonds. The van der Waals surface area contributed by atoms with Crippen LogP contribution in [0.3, 0.4) is 0 Å². The molecule has 0 bridgehead atoms. The van der Waals surface area contributed by atoms with E-state index in [4.69, 9.17) is 11.5 Å². The van der Waals surface area contributed by atoms with Crippen molar-refractivity contribution in [1.29, 1.82) is 0 Å². The number of amides is 1. The zero-order valence-electron chi connectivity index (χ0n) is 17.2. The van der Waals surface area contributed by atoms with Crippen LogP contribution in [-0.4, -0.2) is 54.9 Å². The summed E-state index contributed by atoms with van der Waals surface area (Å²) in [5.74, 6) is -0.0356. The van der Waals surface area contributed by atoms with Gasteiger partial charge in [-0.2, -0.15) is 0 Å². The van der Waals surface area contributed by atoms with E-state index in [9.17, 15) is 4.79 Å². The Kier molecular flexibility index (Phi) is 5.07. The monoisotopic (exact) mass is 430 g/mol. The molecule has 6 N–H and O–H groups in total.